The molecule has 0 spiro atoms. The van der Waals surface area contributed by atoms with Crippen LogP contribution in [0.3, 0.4) is 0 Å². The molecule has 0 atom stereocenters. The number of anilines is 1. The molecule has 1 heterocycles. The molecule has 37 heavy (non-hydrogen) atoms. The molecule has 0 bridgehead atoms. The zero-order valence-corrected chi connectivity index (χ0v) is 23.7. The van der Waals surface area contributed by atoms with Crippen molar-refractivity contribution in [2.75, 3.05) is 5.32 Å². The highest BCUT2D eigenvalue weighted by Gasteiger charge is 2.35. The van der Waals surface area contributed by atoms with Crippen LogP contribution in [0.2, 0.25) is 5.02 Å². The minimum absolute atomic E-state index is 0.00492. The van der Waals surface area contributed by atoms with Crippen molar-refractivity contribution in [3.05, 3.63) is 91.4 Å². The van der Waals surface area contributed by atoms with Crippen LogP contribution in [0.1, 0.15) is 18.1 Å². The zero-order chi connectivity index (χ0) is 26.7. The molecule has 12 heteroatoms. The summed E-state index contributed by atoms with van der Waals surface area (Å²) < 4.78 is 31.6. The van der Waals surface area contributed by atoms with Gasteiger partial charge in [-0.3, -0.25) is 19.3 Å². The third-order valence-electron chi connectivity index (χ3n) is 5.04. The molecule has 3 amide bonds. The van der Waals surface area contributed by atoms with Crippen LogP contribution in [0.5, 0.6) is 5.75 Å². The molecule has 0 unspecified atom stereocenters. The standard InChI is InChI=1S/C25H18ClIN2O6S2/c1-15(30)28-19-7-9-20(10-8-19)37(33,34)35-22-11-4-17(12-21(22)26)13-23-24(31)29(25(32)36-23)14-16-2-5-18(27)6-3-16/h2-13H,14H2,1H3,(H,28,30)/b23-13-. The highest BCUT2D eigenvalue weighted by Crippen LogP contribution is 2.35. The molecular formula is C25H18ClIN2O6S2. The average Bonchev–Trinajstić information content (AvgIpc) is 3.09. The van der Waals surface area contributed by atoms with E-state index in [1.54, 1.807) is 0 Å². The third-order valence-corrected chi connectivity index (χ3v) is 8.21. The minimum Gasteiger partial charge on any atom is -0.377 e. The second-order valence-corrected chi connectivity index (χ2v) is 12.0. The van der Waals surface area contributed by atoms with E-state index in [-0.39, 0.29) is 38.3 Å². The van der Waals surface area contributed by atoms with E-state index < -0.39 is 16.0 Å². The molecule has 0 aromatic heterocycles. The molecule has 4 rings (SSSR count). The Morgan fingerprint density at radius 1 is 1.08 bits per heavy atom. The third kappa shape index (κ3) is 6.72. The Morgan fingerprint density at radius 3 is 2.38 bits per heavy atom. The quantitative estimate of drug-likeness (QED) is 0.190. The Kier molecular flexibility index (Phi) is 8.26. The summed E-state index contributed by atoms with van der Waals surface area (Å²) >= 11 is 9.27. The monoisotopic (exact) mass is 668 g/mol. The number of thioether (sulfide) groups is 1. The van der Waals surface area contributed by atoms with Crippen molar-refractivity contribution in [1.82, 2.24) is 4.90 Å². The van der Waals surface area contributed by atoms with Gasteiger partial charge in [-0.15, -0.1) is 0 Å². The summed E-state index contributed by atoms with van der Waals surface area (Å²) in [5.41, 5.74) is 1.77. The van der Waals surface area contributed by atoms with Crippen LogP contribution in [0.15, 0.2) is 76.5 Å². The van der Waals surface area contributed by atoms with Crippen molar-refractivity contribution in [3.63, 3.8) is 0 Å². The smallest absolute Gasteiger partial charge is 0.339 e. The summed E-state index contributed by atoms with van der Waals surface area (Å²) in [6, 6.07) is 17.3. The summed E-state index contributed by atoms with van der Waals surface area (Å²) in [6.45, 7) is 1.51. The fraction of sp³-hybridized carbons (Fsp3) is 0.0800. The number of carbonyl (C=O) groups is 3. The zero-order valence-electron chi connectivity index (χ0n) is 19.1. The first kappa shape index (κ1) is 27.2. The van der Waals surface area contributed by atoms with Gasteiger partial charge < -0.3 is 9.50 Å². The summed E-state index contributed by atoms with van der Waals surface area (Å²) in [6.07, 6.45) is 1.52. The van der Waals surface area contributed by atoms with Crippen LogP contribution < -0.4 is 9.50 Å². The lowest BCUT2D eigenvalue weighted by Crippen LogP contribution is -2.27. The van der Waals surface area contributed by atoms with Gasteiger partial charge in [-0.2, -0.15) is 8.42 Å². The average molecular weight is 669 g/mol. The summed E-state index contributed by atoms with van der Waals surface area (Å²) in [4.78, 5) is 37.7. The molecule has 1 saturated heterocycles. The molecule has 0 aliphatic carbocycles. The van der Waals surface area contributed by atoms with Gasteiger partial charge in [0.2, 0.25) is 5.91 Å². The van der Waals surface area contributed by atoms with E-state index in [1.807, 2.05) is 24.3 Å². The van der Waals surface area contributed by atoms with Crippen LogP contribution in [-0.4, -0.2) is 30.4 Å². The van der Waals surface area contributed by atoms with Crippen LogP contribution >= 0.6 is 46.0 Å². The predicted molar refractivity (Wildman–Crippen MR) is 151 cm³/mol. The molecule has 1 aliphatic rings. The lowest BCUT2D eigenvalue weighted by molar-refractivity contribution is -0.123. The largest absolute Gasteiger partial charge is 0.377 e. The lowest BCUT2D eigenvalue weighted by Gasteiger charge is -2.12. The Balaban J connectivity index is 1.48. The van der Waals surface area contributed by atoms with Crippen molar-refractivity contribution < 1.29 is 27.0 Å². The number of benzene rings is 3. The van der Waals surface area contributed by atoms with Gasteiger partial charge in [0.15, 0.2) is 5.75 Å². The fourth-order valence-corrected chi connectivity index (χ4v) is 5.73. The molecule has 3 aromatic carbocycles. The SMILES string of the molecule is CC(=O)Nc1ccc(S(=O)(=O)Oc2ccc(/C=C3\SC(=O)N(Cc4ccc(I)cc4)C3=O)cc2Cl)cc1. The van der Waals surface area contributed by atoms with E-state index in [2.05, 4.69) is 27.9 Å². The summed E-state index contributed by atoms with van der Waals surface area (Å²) in [7, 11) is -4.19. The summed E-state index contributed by atoms with van der Waals surface area (Å²) in [5, 5.41) is 2.18. The number of hydrogen-bond acceptors (Lipinski definition) is 7. The highest BCUT2D eigenvalue weighted by molar-refractivity contribution is 14.1. The van der Waals surface area contributed by atoms with Crippen molar-refractivity contribution in [3.8, 4) is 5.75 Å². The van der Waals surface area contributed by atoms with Crippen molar-refractivity contribution in [2.45, 2.75) is 18.4 Å². The Hall–Kier alpha value is -2.87. The molecule has 1 fully saturated rings. The molecule has 1 aliphatic heterocycles. The number of halogens is 2. The second-order valence-electron chi connectivity index (χ2n) is 7.83. The van der Waals surface area contributed by atoms with Gasteiger partial charge in [-0.25, -0.2) is 0 Å². The fourth-order valence-electron chi connectivity index (χ4n) is 3.31. The second kappa shape index (κ2) is 11.3. The normalized spacial score (nSPS) is 14.8. The van der Waals surface area contributed by atoms with Gasteiger partial charge in [0.05, 0.1) is 16.5 Å². The van der Waals surface area contributed by atoms with Gasteiger partial charge in [-0.05, 0) is 100 Å². The molecule has 1 N–H and O–H groups in total. The molecular weight excluding hydrogens is 651 g/mol. The predicted octanol–water partition coefficient (Wildman–Crippen LogP) is 5.91. The molecule has 190 valence electrons. The number of carbonyl (C=O) groups excluding carboxylic acids is 3. The van der Waals surface area contributed by atoms with E-state index in [0.717, 1.165) is 20.9 Å². The highest BCUT2D eigenvalue weighted by atomic mass is 127. The van der Waals surface area contributed by atoms with Crippen LogP contribution in [0.4, 0.5) is 10.5 Å². The number of hydrogen-bond donors (Lipinski definition) is 1. The Labute approximate surface area is 236 Å². The van der Waals surface area contributed by atoms with Crippen molar-refractivity contribution in [2.24, 2.45) is 0 Å². The van der Waals surface area contributed by atoms with Gasteiger partial charge >= 0.3 is 10.1 Å². The van der Waals surface area contributed by atoms with E-state index >= 15 is 0 Å². The van der Waals surface area contributed by atoms with Crippen molar-refractivity contribution >= 4 is 84.9 Å². The van der Waals surface area contributed by atoms with Gasteiger partial charge in [0.1, 0.15) is 4.90 Å². The minimum atomic E-state index is -4.19. The molecule has 0 radical (unpaired) electrons. The van der Waals surface area contributed by atoms with E-state index in [1.165, 1.54) is 60.4 Å². The molecule has 0 saturated carbocycles. The number of nitrogens with one attached hydrogen (secondary N) is 1. The number of imide groups is 1. The van der Waals surface area contributed by atoms with Crippen LogP contribution in [-0.2, 0) is 26.3 Å². The van der Waals surface area contributed by atoms with E-state index in [9.17, 15) is 22.8 Å². The van der Waals surface area contributed by atoms with Crippen molar-refractivity contribution in [1.29, 1.82) is 0 Å². The first-order valence-corrected chi connectivity index (χ1v) is 14.3. The first-order valence-electron chi connectivity index (χ1n) is 10.6. The maximum Gasteiger partial charge on any atom is 0.339 e. The van der Waals surface area contributed by atoms with Crippen LogP contribution in [0, 0.1) is 3.57 Å². The van der Waals surface area contributed by atoms with Gasteiger partial charge in [0, 0.05) is 16.2 Å². The number of nitrogens with zero attached hydrogens (tertiary/aromatic N) is 1. The maximum atomic E-state index is 12.8. The van der Waals surface area contributed by atoms with Gasteiger partial charge in [0.25, 0.3) is 11.1 Å². The first-order chi connectivity index (χ1) is 17.5. The topological polar surface area (TPSA) is 110 Å². The molecule has 8 nitrogen and oxygen atoms in total. The maximum absolute atomic E-state index is 12.8. The molecule has 3 aromatic rings. The van der Waals surface area contributed by atoms with E-state index in [4.69, 9.17) is 15.8 Å². The summed E-state index contributed by atoms with van der Waals surface area (Å²) in [5.74, 6) is -0.804. The number of rotatable bonds is 7. The Morgan fingerprint density at radius 2 is 1.76 bits per heavy atom. The van der Waals surface area contributed by atoms with Crippen LogP contribution in [0.25, 0.3) is 6.08 Å². The lowest BCUT2D eigenvalue weighted by atomic mass is 10.2. The van der Waals surface area contributed by atoms with E-state index in [0.29, 0.717) is 11.3 Å². The van der Waals surface area contributed by atoms with Gasteiger partial charge in [-0.1, -0.05) is 29.8 Å². The Bertz CT molecular complexity index is 1520. The number of amides is 3.